The molecule has 0 radical (unpaired) electrons. The van der Waals surface area contributed by atoms with Gasteiger partial charge in [0.05, 0.1) is 5.69 Å². The Labute approximate surface area is 120 Å². The molecule has 3 nitrogen and oxygen atoms in total. The summed E-state index contributed by atoms with van der Waals surface area (Å²) in [6.45, 7) is 4.71. The molecule has 0 aliphatic heterocycles. The summed E-state index contributed by atoms with van der Waals surface area (Å²) in [6, 6.07) is 6.59. The highest BCUT2D eigenvalue weighted by atomic mass is 79.9. The van der Waals surface area contributed by atoms with Crippen molar-refractivity contribution in [3.05, 3.63) is 40.4 Å². The fourth-order valence-electron chi connectivity index (χ4n) is 1.74. The van der Waals surface area contributed by atoms with Gasteiger partial charge < -0.3 is 5.32 Å². The molecule has 1 aromatic heterocycles. The molecule has 0 unspecified atom stereocenters. The normalized spacial score (nSPS) is 10.5. The van der Waals surface area contributed by atoms with Gasteiger partial charge in [-0.25, -0.2) is 14.4 Å². The fourth-order valence-corrected chi connectivity index (χ4v) is 2.10. The molecule has 0 fully saturated rings. The highest BCUT2D eigenvalue weighted by molar-refractivity contribution is 9.10. The number of nitrogens with one attached hydrogen (secondary N) is 1. The van der Waals surface area contributed by atoms with E-state index in [1.54, 1.807) is 25.1 Å². The van der Waals surface area contributed by atoms with Gasteiger partial charge in [0.25, 0.3) is 0 Å². The van der Waals surface area contributed by atoms with E-state index in [-0.39, 0.29) is 5.82 Å². The number of hydrogen-bond donors (Lipinski definition) is 1. The second kappa shape index (κ2) is 6.10. The van der Waals surface area contributed by atoms with Crippen LogP contribution in [-0.2, 0) is 0 Å². The maximum atomic E-state index is 13.9. The Morgan fingerprint density at radius 1 is 1.26 bits per heavy atom. The van der Waals surface area contributed by atoms with E-state index < -0.39 is 0 Å². The molecule has 0 aliphatic carbocycles. The molecule has 1 heterocycles. The first-order chi connectivity index (χ1) is 9.10. The molecule has 5 heteroatoms. The van der Waals surface area contributed by atoms with Crippen molar-refractivity contribution >= 4 is 21.7 Å². The Balaban J connectivity index is 2.43. The van der Waals surface area contributed by atoms with Crippen molar-refractivity contribution in [3.63, 3.8) is 0 Å². The molecule has 0 amide bonds. The van der Waals surface area contributed by atoms with Gasteiger partial charge in [-0.2, -0.15) is 0 Å². The van der Waals surface area contributed by atoms with E-state index in [1.165, 1.54) is 6.07 Å². The Bertz CT molecular complexity index is 587. The highest BCUT2D eigenvalue weighted by Crippen LogP contribution is 2.26. The van der Waals surface area contributed by atoms with Crippen molar-refractivity contribution in [1.82, 2.24) is 9.97 Å². The van der Waals surface area contributed by atoms with E-state index in [1.807, 2.05) is 0 Å². The molecule has 0 saturated heterocycles. The van der Waals surface area contributed by atoms with Crippen LogP contribution in [0.15, 0.2) is 28.7 Å². The number of halogens is 2. The van der Waals surface area contributed by atoms with E-state index in [0.717, 1.165) is 23.3 Å². The third kappa shape index (κ3) is 3.50. The van der Waals surface area contributed by atoms with Crippen LogP contribution in [0.3, 0.4) is 0 Å². The van der Waals surface area contributed by atoms with Crippen LogP contribution >= 0.6 is 15.9 Å². The third-order valence-electron chi connectivity index (χ3n) is 2.60. The number of nitrogens with zero attached hydrogens (tertiary/aromatic N) is 2. The van der Waals surface area contributed by atoms with Crippen LogP contribution < -0.4 is 5.32 Å². The molecular formula is C14H15BrFN3. The minimum atomic E-state index is -0.289. The number of rotatable bonds is 4. The van der Waals surface area contributed by atoms with Crippen LogP contribution in [-0.4, -0.2) is 16.5 Å². The highest BCUT2D eigenvalue weighted by Gasteiger charge is 2.09. The Morgan fingerprint density at radius 2 is 2.05 bits per heavy atom. The predicted octanol–water partition coefficient (Wildman–Crippen LogP) is 4.18. The molecule has 2 rings (SSSR count). The van der Waals surface area contributed by atoms with Crippen molar-refractivity contribution < 1.29 is 4.39 Å². The lowest BCUT2D eigenvalue weighted by Crippen LogP contribution is -2.04. The zero-order chi connectivity index (χ0) is 13.8. The van der Waals surface area contributed by atoms with Gasteiger partial charge in [0.1, 0.15) is 17.5 Å². The maximum absolute atomic E-state index is 13.9. The SMILES string of the molecule is CCCNc1cc(-c2cc(Br)ccc2F)nc(C)n1. The summed E-state index contributed by atoms with van der Waals surface area (Å²) in [4.78, 5) is 8.59. The summed E-state index contributed by atoms with van der Waals surface area (Å²) in [5.74, 6) is 1.06. The van der Waals surface area contributed by atoms with Crippen LogP contribution in [0.1, 0.15) is 19.2 Å². The summed E-state index contributed by atoms with van der Waals surface area (Å²) in [6.07, 6.45) is 1.00. The lowest BCUT2D eigenvalue weighted by Gasteiger charge is -2.09. The molecule has 0 aliphatic rings. The average Bonchev–Trinajstić information content (AvgIpc) is 2.38. The van der Waals surface area contributed by atoms with Crippen molar-refractivity contribution in [2.45, 2.75) is 20.3 Å². The molecule has 2 aromatic rings. The van der Waals surface area contributed by atoms with Gasteiger partial charge in [-0.15, -0.1) is 0 Å². The monoisotopic (exact) mass is 323 g/mol. The van der Waals surface area contributed by atoms with E-state index in [2.05, 4.69) is 38.1 Å². The van der Waals surface area contributed by atoms with Gasteiger partial charge >= 0.3 is 0 Å². The fraction of sp³-hybridized carbons (Fsp3) is 0.286. The average molecular weight is 324 g/mol. The number of aromatic nitrogens is 2. The third-order valence-corrected chi connectivity index (χ3v) is 3.09. The molecule has 0 saturated carbocycles. The smallest absolute Gasteiger partial charge is 0.132 e. The van der Waals surface area contributed by atoms with Crippen LogP contribution in [0.25, 0.3) is 11.3 Å². The van der Waals surface area contributed by atoms with Crippen LogP contribution in [0, 0.1) is 12.7 Å². The molecule has 100 valence electrons. The van der Waals surface area contributed by atoms with Crippen molar-refractivity contribution in [2.24, 2.45) is 0 Å². The largest absolute Gasteiger partial charge is 0.370 e. The van der Waals surface area contributed by atoms with Crippen LogP contribution in [0.5, 0.6) is 0 Å². The lowest BCUT2D eigenvalue weighted by molar-refractivity contribution is 0.630. The molecule has 0 spiro atoms. The van der Waals surface area contributed by atoms with Crippen molar-refractivity contribution in [3.8, 4) is 11.3 Å². The summed E-state index contributed by atoms with van der Waals surface area (Å²) >= 11 is 3.35. The molecule has 19 heavy (non-hydrogen) atoms. The molecule has 0 bridgehead atoms. The number of hydrogen-bond acceptors (Lipinski definition) is 3. The van der Waals surface area contributed by atoms with E-state index >= 15 is 0 Å². The number of aryl methyl sites for hydroxylation is 1. The molecule has 0 atom stereocenters. The van der Waals surface area contributed by atoms with Gasteiger partial charge in [-0.1, -0.05) is 22.9 Å². The van der Waals surface area contributed by atoms with Crippen LogP contribution in [0.4, 0.5) is 10.2 Å². The Kier molecular flexibility index (Phi) is 4.47. The van der Waals surface area contributed by atoms with Gasteiger partial charge in [0.2, 0.25) is 0 Å². The second-order valence-corrected chi connectivity index (χ2v) is 5.15. The first-order valence-electron chi connectivity index (χ1n) is 6.15. The maximum Gasteiger partial charge on any atom is 0.132 e. The quantitative estimate of drug-likeness (QED) is 0.917. The summed E-state index contributed by atoms with van der Waals surface area (Å²) in [5.41, 5.74) is 1.06. The lowest BCUT2D eigenvalue weighted by atomic mass is 10.1. The zero-order valence-electron chi connectivity index (χ0n) is 10.9. The van der Waals surface area contributed by atoms with E-state index in [9.17, 15) is 4.39 Å². The first-order valence-corrected chi connectivity index (χ1v) is 6.94. The van der Waals surface area contributed by atoms with E-state index in [0.29, 0.717) is 17.1 Å². The number of anilines is 1. The Morgan fingerprint density at radius 3 is 2.79 bits per heavy atom. The minimum Gasteiger partial charge on any atom is -0.370 e. The standard InChI is InChI=1S/C14H15BrFN3/c1-3-6-17-14-8-13(18-9(2)19-14)11-7-10(15)4-5-12(11)16/h4-5,7-8H,3,6H2,1-2H3,(H,17,18,19). The van der Waals surface area contributed by atoms with Crippen molar-refractivity contribution in [2.75, 3.05) is 11.9 Å². The number of benzene rings is 1. The van der Waals surface area contributed by atoms with Gasteiger partial charge in [-0.05, 0) is 31.5 Å². The van der Waals surface area contributed by atoms with Crippen LogP contribution in [0.2, 0.25) is 0 Å². The summed E-state index contributed by atoms with van der Waals surface area (Å²) in [7, 11) is 0. The van der Waals surface area contributed by atoms with Crippen molar-refractivity contribution in [1.29, 1.82) is 0 Å². The Hall–Kier alpha value is -1.49. The van der Waals surface area contributed by atoms with Gasteiger partial charge in [0, 0.05) is 22.6 Å². The molecule has 1 aromatic carbocycles. The molecule has 1 N–H and O–H groups in total. The zero-order valence-corrected chi connectivity index (χ0v) is 12.5. The minimum absolute atomic E-state index is 0.289. The van der Waals surface area contributed by atoms with Gasteiger partial charge in [-0.3, -0.25) is 0 Å². The van der Waals surface area contributed by atoms with Gasteiger partial charge in [0.15, 0.2) is 0 Å². The molecular weight excluding hydrogens is 309 g/mol. The first kappa shape index (κ1) is 13.9. The summed E-state index contributed by atoms with van der Waals surface area (Å²) in [5, 5.41) is 3.19. The second-order valence-electron chi connectivity index (χ2n) is 4.24. The summed E-state index contributed by atoms with van der Waals surface area (Å²) < 4.78 is 14.7. The predicted molar refractivity (Wildman–Crippen MR) is 78.6 cm³/mol. The topological polar surface area (TPSA) is 37.8 Å². The van der Waals surface area contributed by atoms with E-state index in [4.69, 9.17) is 0 Å².